The fourth-order valence-electron chi connectivity index (χ4n) is 2.18. The number of benzene rings is 2. The van der Waals surface area contributed by atoms with Gasteiger partial charge in [0.15, 0.2) is 5.75 Å². The Kier molecular flexibility index (Phi) is 4.39. The van der Waals surface area contributed by atoms with Gasteiger partial charge in [0.25, 0.3) is 5.91 Å². The number of nitrogens with zero attached hydrogens (tertiary/aromatic N) is 2. The number of rotatable bonds is 3. The summed E-state index contributed by atoms with van der Waals surface area (Å²) in [6.45, 7) is 1.89. The van der Waals surface area contributed by atoms with E-state index in [1.165, 1.54) is 19.2 Å². The standard InChI is InChI=1S/C15H11Cl2N3O2S/c1-7-3-4-11-13(20-23-19-11)12(7)18-15(21)8-5-9(16)14(22-2)10(17)6-8/h3-6H,1-2H3,(H,18,21). The van der Waals surface area contributed by atoms with Gasteiger partial charge in [0.05, 0.1) is 34.6 Å². The Balaban J connectivity index is 1.98. The topological polar surface area (TPSA) is 64.1 Å². The molecule has 0 aliphatic heterocycles. The summed E-state index contributed by atoms with van der Waals surface area (Å²) in [4.78, 5) is 12.5. The highest BCUT2D eigenvalue weighted by Gasteiger charge is 2.16. The molecule has 0 saturated carbocycles. The van der Waals surface area contributed by atoms with Crippen LogP contribution in [0.15, 0.2) is 24.3 Å². The van der Waals surface area contributed by atoms with Gasteiger partial charge in [0.1, 0.15) is 11.0 Å². The predicted octanol–water partition coefficient (Wildman–Crippen LogP) is 4.57. The zero-order valence-electron chi connectivity index (χ0n) is 12.2. The molecular weight excluding hydrogens is 357 g/mol. The molecule has 0 bridgehead atoms. The fourth-order valence-corrected chi connectivity index (χ4v) is 3.37. The van der Waals surface area contributed by atoms with Crippen molar-refractivity contribution in [3.8, 4) is 5.75 Å². The molecule has 8 heteroatoms. The van der Waals surface area contributed by atoms with E-state index in [4.69, 9.17) is 27.9 Å². The lowest BCUT2D eigenvalue weighted by Crippen LogP contribution is -2.13. The molecule has 2 aromatic carbocycles. The number of carbonyl (C=O) groups is 1. The summed E-state index contributed by atoms with van der Waals surface area (Å²) in [5.41, 5.74) is 3.25. The summed E-state index contributed by atoms with van der Waals surface area (Å²) in [6, 6.07) is 6.77. The highest BCUT2D eigenvalue weighted by molar-refractivity contribution is 7.00. The van der Waals surface area contributed by atoms with Gasteiger partial charge in [0.2, 0.25) is 0 Å². The quantitative estimate of drug-likeness (QED) is 0.736. The average molecular weight is 368 g/mol. The lowest BCUT2D eigenvalue weighted by Gasteiger charge is -2.11. The Labute approximate surface area is 146 Å². The van der Waals surface area contributed by atoms with Gasteiger partial charge in [-0.1, -0.05) is 29.3 Å². The molecule has 0 atom stereocenters. The van der Waals surface area contributed by atoms with Crippen molar-refractivity contribution in [1.82, 2.24) is 8.75 Å². The van der Waals surface area contributed by atoms with Crippen molar-refractivity contribution in [2.45, 2.75) is 6.92 Å². The Bertz CT molecular complexity index is 888. The van der Waals surface area contributed by atoms with Gasteiger partial charge in [0, 0.05) is 5.56 Å². The van der Waals surface area contributed by atoms with E-state index in [2.05, 4.69) is 14.1 Å². The average Bonchev–Trinajstić information content (AvgIpc) is 2.98. The minimum Gasteiger partial charge on any atom is -0.494 e. The summed E-state index contributed by atoms with van der Waals surface area (Å²) in [6.07, 6.45) is 0. The molecule has 0 saturated heterocycles. The van der Waals surface area contributed by atoms with Crippen LogP contribution in [0.4, 0.5) is 5.69 Å². The van der Waals surface area contributed by atoms with E-state index < -0.39 is 0 Å². The molecule has 0 fully saturated rings. The van der Waals surface area contributed by atoms with E-state index in [1.54, 1.807) is 0 Å². The second kappa shape index (κ2) is 6.31. The third-order valence-corrected chi connectivity index (χ3v) is 4.44. The zero-order chi connectivity index (χ0) is 16.6. The third kappa shape index (κ3) is 2.97. The van der Waals surface area contributed by atoms with E-state index in [9.17, 15) is 4.79 Å². The highest BCUT2D eigenvalue weighted by atomic mass is 35.5. The summed E-state index contributed by atoms with van der Waals surface area (Å²) in [5, 5.41) is 3.40. The van der Waals surface area contributed by atoms with Crippen LogP contribution in [0.2, 0.25) is 10.0 Å². The second-order valence-corrected chi connectivity index (χ2v) is 6.16. The molecule has 1 aromatic heterocycles. The van der Waals surface area contributed by atoms with Crippen molar-refractivity contribution >= 4 is 57.6 Å². The van der Waals surface area contributed by atoms with Crippen LogP contribution in [0.3, 0.4) is 0 Å². The third-order valence-electron chi connectivity index (χ3n) is 3.34. The Morgan fingerprint density at radius 1 is 1.22 bits per heavy atom. The van der Waals surface area contributed by atoms with Crippen LogP contribution in [-0.2, 0) is 0 Å². The van der Waals surface area contributed by atoms with Crippen LogP contribution >= 0.6 is 34.9 Å². The molecule has 1 heterocycles. The van der Waals surface area contributed by atoms with Crippen molar-refractivity contribution in [3.05, 3.63) is 45.4 Å². The first-order chi connectivity index (χ1) is 11.0. The summed E-state index contributed by atoms with van der Waals surface area (Å²) in [7, 11) is 1.46. The van der Waals surface area contributed by atoms with Gasteiger partial charge in [-0.3, -0.25) is 4.79 Å². The van der Waals surface area contributed by atoms with Crippen LogP contribution < -0.4 is 10.1 Å². The molecular formula is C15H11Cl2N3O2S. The number of fused-ring (bicyclic) bond motifs is 1. The first-order valence-electron chi connectivity index (χ1n) is 6.57. The van der Waals surface area contributed by atoms with Crippen LogP contribution in [-0.4, -0.2) is 21.8 Å². The summed E-state index contributed by atoms with van der Waals surface area (Å²) < 4.78 is 13.5. The maximum atomic E-state index is 12.5. The number of nitrogens with one attached hydrogen (secondary N) is 1. The molecule has 5 nitrogen and oxygen atoms in total. The molecule has 3 aromatic rings. The van der Waals surface area contributed by atoms with E-state index in [1.807, 2.05) is 19.1 Å². The van der Waals surface area contributed by atoms with E-state index in [0.29, 0.717) is 22.5 Å². The minimum atomic E-state index is -0.333. The van der Waals surface area contributed by atoms with E-state index in [0.717, 1.165) is 22.8 Å². The Morgan fingerprint density at radius 3 is 2.57 bits per heavy atom. The van der Waals surface area contributed by atoms with Crippen molar-refractivity contribution in [1.29, 1.82) is 0 Å². The number of hydrogen-bond acceptors (Lipinski definition) is 5. The fraction of sp³-hybridized carbons (Fsp3) is 0.133. The van der Waals surface area contributed by atoms with Gasteiger partial charge >= 0.3 is 0 Å². The lowest BCUT2D eigenvalue weighted by atomic mass is 10.1. The van der Waals surface area contributed by atoms with Gasteiger partial charge < -0.3 is 10.1 Å². The van der Waals surface area contributed by atoms with Gasteiger partial charge in [-0.25, -0.2) is 0 Å². The number of halogens is 2. The number of aromatic nitrogens is 2. The monoisotopic (exact) mass is 367 g/mol. The predicted molar refractivity (Wildman–Crippen MR) is 93.1 cm³/mol. The van der Waals surface area contributed by atoms with Crippen LogP contribution in [0.25, 0.3) is 11.0 Å². The number of hydrogen-bond donors (Lipinski definition) is 1. The highest BCUT2D eigenvalue weighted by Crippen LogP contribution is 2.34. The van der Waals surface area contributed by atoms with Gasteiger partial charge in [-0.15, -0.1) is 0 Å². The molecule has 1 N–H and O–H groups in total. The Hall–Kier alpha value is -1.89. The van der Waals surface area contributed by atoms with Crippen LogP contribution in [0.5, 0.6) is 5.75 Å². The summed E-state index contributed by atoms with van der Waals surface area (Å²) >= 11 is 13.3. The lowest BCUT2D eigenvalue weighted by molar-refractivity contribution is 0.102. The van der Waals surface area contributed by atoms with Gasteiger partial charge in [-0.05, 0) is 30.7 Å². The summed E-state index contributed by atoms with van der Waals surface area (Å²) in [5.74, 6) is 0.00641. The smallest absolute Gasteiger partial charge is 0.255 e. The second-order valence-electron chi connectivity index (χ2n) is 4.82. The number of methoxy groups -OCH3 is 1. The molecule has 3 rings (SSSR count). The van der Waals surface area contributed by atoms with Crippen LogP contribution in [0.1, 0.15) is 15.9 Å². The van der Waals surface area contributed by atoms with E-state index in [-0.39, 0.29) is 16.0 Å². The van der Waals surface area contributed by atoms with Gasteiger partial charge in [-0.2, -0.15) is 8.75 Å². The number of ether oxygens (including phenoxy) is 1. The molecule has 23 heavy (non-hydrogen) atoms. The van der Waals surface area contributed by atoms with Crippen molar-refractivity contribution in [2.75, 3.05) is 12.4 Å². The molecule has 0 unspecified atom stereocenters. The molecule has 0 radical (unpaired) electrons. The van der Waals surface area contributed by atoms with Crippen molar-refractivity contribution in [2.24, 2.45) is 0 Å². The maximum Gasteiger partial charge on any atom is 0.255 e. The maximum absolute atomic E-state index is 12.5. The molecule has 1 amide bonds. The largest absolute Gasteiger partial charge is 0.494 e. The zero-order valence-corrected chi connectivity index (χ0v) is 14.5. The Morgan fingerprint density at radius 2 is 1.91 bits per heavy atom. The molecule has 0 aliphatic carbocycles. The number of aryl methyl sites for hydroxylation is 1. The first-order valence-corrected chi connectivity index (χ1v) is 8.06. The first kappa shape index (κ1) is 16.0. The normalized spacial score (nSPS) is 10.8. The van der Waals surface area contributed by atoms with Crippen molar-refractivity contribution < 1.29 is 9.53 Å². The minimum absolute atomic E-state index is 0.274. The molecule has 118 valence electrons. The molecule has 0 spiro atoms. The van der Waals surface area contributed by atoms with Crippen LogP contribution in [0, 0.1) is 6.92 Å². The number of carbonyl (C=O) groups excluding carboxylic acids is 1. The molecule has 0 aliphatic rings. The SMILES string of the molecule is COc1c(Cl)cc(C(=O)Nc2c(C)ccc3nsnc23)cc1Cl. The number of anilines is 1. The number of amides is 1. The van der Waals surface area contributed by atoms with Crippen molar-refractivity contribution in [3.63, 3.8) is 0 Å². The van der Waals surface area contributed by atoms with E-state index >= 15 is 0 Å².